The highest BCUT2D eigenvalue weighted by molar-refractivity contribution is 6.70. The van der Waals surface area contributed by atoms with Crippen LogP contribution in [0.3, 0.4) is 0 Å². The molecule has 0 saturated carbocycles. The van der Waals surface area contributed by atoms with Gasteiger partial charge in [0.25, 0.3) is 5.95 Å². The zero-order valence-corrected chi connectivity index (χ0v) is 18.6. The number of hydrogen-bond acceptors (Lipinski definition) is 3. The molecule has 0 radical (unpaired) electrons. The molecule has 0 rings (SSSR count). The van der Waals surface area contributed by atoms with Crippen LogP contribution in [-0.2, 0) is 13.6 Å². The lowest BCUT2D eigenvalue weighted by molar-refractivity contribution is 0.111. The molecule has 0 saturated heterocycles. The molecular weight excluding hydrogens is 320 g/mol. The maximum absolute atomic E-state index is 6.21. The molecular formula is C18H38O3Si2. The molecule has 0 aliphatic rings. The molecule has 0 aromatic carbocycles. The molecule has 3 nitrogen and oxygen atoms in total. The van der Waals surface area contributed by atoms with Crippen LogP contribution in [0.5, 0.6) is 0 Å². The first-order valence-corrected chi connectivity index (χ1v) is 15.8. The highest BCUT2D eigenvalue weighted by Gasteiger charge is 2.21. The van der Waals surface area contributed by atoms with E-state index in [1.165, 1.54) is 25.7 Å². The Hall–Kier alpha value is -0.686. The van der Waals surface area contributed by atoms with Gasteiger partial charge in [-0.25, -0.2) is 0 Å². The Balaban J connectivity index is 5.05. The molecule has 23 heavy (non-hydrogen) atoms. The Bertz CT molecular complexity index is 377. The summed E-state index contributed by atoms with van der Waals surface area (Å²) >= 11 is 0. The predicted molar refractivity (Wildman–Crippen MR) is 105 cm³/mol. The number of allylic oxidation sites excluding steroid dienone is 2. The monoisotopic (exact) mass is 358 g/mol. The Kier molecular flexibility index (Phi) is 10.6. The molecule has 0 aromatic heterocycles. The van der Waals surface area contributed by atoms with Crippen molar-refractivity contribution in [2.24, 2.45) is 0 Å². The highest BCUT2D eigenvalue weighted by Crippen LogP contribution is 2.19. The van der Waals surface area contributed by atoms with Crippen molar-refractivity contribution in [3.63, 3.8) is 0 Å². The second-order valence-corrected chi connectivity index (χ2v) is 16.6. The molecule has 0 amide bonds. The van der Waals surface area contributed by atoms with Crippen LogP contribution in [-0.4, -0.2) is 23.2 Å². The summed E-state index contributed by atoms with van der Waals surface area (Å²) in [5.41, 5.74) is 0. The Morgan fingerprint density at radius 3 is 1.91 bits per heavy atom. The fourth-order valence-corrected chi connectivity index (χ4v) is 3.53. The lowest BCUT2D eigenvalue weighted by Crippen LogP contribution is -2.27. The fourth-order valence-electron chi connectivity index (χ4n) is 1.96. The van der Waals surface area contributed by atoms with E-state index in [0.29, 0.717) is 12.6 Å². The van der Waals surface area contributed by atoms with Crippen LogP contribution >= 0.6 is 0 Å². The van der Waals surface area contributed by atoms with E-state index in [0.717, 1.165) is 12.2 Å². The van der Waals surface area contributed by atoms with Gasteiger partial charge in [-0.1, -0.05) is 26.2 Å². The summed E-state index contributed by atoms with van der Waals surface area (Å²) in [7, 11) is -3.35. The van der Waals surface area contributed by atoms with Crippen LogP contribution in [0.15, 0.2) is 23.9 Å². The van der Waals surface area contributed by atoms with E-state index in [-0.39, 0.29) is 0 Å². The van der Waals surface area contributed by atoms with Crippen molar-refractivity contribution in [2.75, 3.05) is 6.61 Å². The van der Waals surface area contributed by atoms with E-state index in [2.05, 4.69) is 52.3 Å². The van der Waals surface area contributed by atoms with Gasteiger partial charge < -0.3 is 13.6 Å². The third-order valence-electron chi connectivity index (χ3n) is 2.78. The first-order chi connectivity index (χ1) is 10.6. The quantitative estimate of drug-likeness (QED) is 0.174. The first-order valence-electron chi connectivity index (χ1n) is 9.00. The van der Waals surface area contributed by atoms with Crippen molar-refractivity contribution in [2.45, 2.75) is 85.2 Å². The van der Waals surface area contributed by atoms with Gasteiger partial charge in [0.2, 0.25) is 16.6 Å². The molecule has 0 heterocycles. The summed E-state index contributed by atoms with van der Waals surface area (Å²) in [6.07, 6.45) is 10.2. The maximum atomic E-state index is 6.21. The SMILES string of the molecule is CCCCCC/C=C(/C=C(/OCC)O[Si](C)(C)C)O[Si](C)(C)C. The topological polar surface area (TPSA) is 27.7 Å². The zero-order valence-electron chi connectivity index (χ0n) is 16.6. The highest BCUT2D eigenvalue weighted by atomic mass is 28.4. The van der Waals surface area contributed by atoms with Gasteiger partial charge in [-0.3, -0.25) is 0 Å². The zero-order chi connectivity index (χ0) is 17.9. The van der Waals surface area contributed by atoms with Gasteiger partial charge in [-0.2, -0.15) is 0 Å². The number of ether oxygens (including phenoxy) is 1. The van der Waals surface area contributed by atoms with E-state index in [4.69, 9.17) is 13.6 Å². The van der Waals surface area contributed by atoms with Gasteiger partial charge in [0.1, 0.15) is 5.76 Å². The normalized spacial score (nSPS) is 13.9. The fraction of sp³-hybridized carbons (Fsp3) is 0.778. The lowest BCUT2D eigenvalue weighted by Gasteiger charge is -2.24. The molecule has 0 aromatic rings. The second-order valence-electron chi connectivity index (χ2n) is 7.78. The van der Waals surface area contributed by atoms with E-state index >= 15 is 0 Å². The number of hydrogen-bond donors (Lipinski definition) is 0. The summed E-state index contributed by atoms with van der Waals surface area (Å²) in [4.78, 5) is 0. The minimum Gasteiger partial charge on any atom is -0.544 e. The van der Waals surface area contributed by atoms with Crippen LogP contribution in [0.25, 0.3) is 0 Å². The average Bonchev–Trinajstić information content (AvgIpc) is 2.34. The molecule has 0 bridgehead atoms. The first kappa shape index (κ1) is 22.3. The van der Waals surface area contributed by atoms with E-state index in [1.54, 1.807) is 0 Å². The van der Waals surface area contributed by atoms with Crippen LogP contribution in [0.1, 0.15) is 46.0 Å². The van der Waals surface area contributed by atoms with Gasteiger partial charge in [0.15, 0.2) is 0 Å². The van der Waals surface area contributed by atoms with Crippen molar-refractivity contribution >= 4 is 16.6 Å². The summed E-state index contributed by atoms with van der Waals surface area (Å²) in [5, 5.41) is 0. The Labute approximate surface area is 146 Å². The molecule has 0 atom stereocenters. The van der Waals surface area contributed by atoms with E-state index in [9.17, 15) is 0 Å². The third-order valence-corrected chi connectivity index (χ3v) is 4.44. The Morgan fingerprint density at radius 2 is 1.43 bits per heavy atom. The minimum absolute atomic E-state index is 0.602. The molecule has 0 aliphatic carbocycles. The lowest BCUT2D eigenvalue weighted by atomic mass is 10.1. The van der Waals surface area contributed by atoms with Crippen molar-refractivity contribution in [1.82, 2.24) is 0 Å². The van der Waals surface area contributed by atoms with Crippen LogP contribution in [0.4, 0.5) is 0 Å². The minimum atomic E-state index is -1.70. The molecule has 0 spiro atoms. The standard InChI is InChI=1S/C18H38O3Si2/c1-9-11-12-13-14-15-17(20-22(3,4)5)16-18(19-10-2)21-23(6,7)8/h15-16H,9-14H2,1-8H3/b17-15-,18-16-. The van der Waals surface area contributed by atoms with Crippen molar-refractivity contribution in [1.29, 1.82) is 0 Å². The second kappa shape index (κ2) is 11.0. The van der Waals surface area contributed by atoms with Crippen LogP contribution < -0.4 is 0 Å². The molecule has 0 unspecified atom stereocenters. The van der Waals surface area contributed by atoms with Crippen molar-refractivity contribution in [3.8, 4) is 0 Å². The van der Waals surface area contributed by atoms with Gasteiger partial charge in [0, 0.05) is 0 Å². The van der Waals surface area contributed by atoms with Crippen LogP contribution in [0, 0.1) is 0 Å². The van der Waals surface area contributed by atoms with E-state index in [1.807, 2.05) is 13.0 Å². The summed E-state index contributed by atoms with van der Waals surface area (Å²) in [5.74, 6) is 1.51. The van der Waals surface area contributed by atoms with Gasteiger partial charge in [-0.15, -0.1) is 0 Å². The largest absolute Gasteiger partial charge is 0.544 e. The summed E-state index contributed by atoms with van der Waals surface area (Å²) in [6.45, 7) is 17.9. The van der Waals surface area contributed by atoms with Gasteiger partial charge in [0.05, 0.1) is 12.7 Å². The summed E-state index contributed by atoms with van der Waals surface area (Å²) in [6, 6.07) is 0. The molecule has 5 heteroatoms. The number of unbranched alkanes of at least 4 members (excludes halogenated alkanes) is 4. The van der Waals surface area contributed by atoms with E-state index < -0.39 is 16.6 Å². The maximum Gasteiger partial charge on any atom is 0.268 e. The average molecular weight is 359 g/mol. The van der Waals surface area contributed by atoms with Gasteiger partial charge in [-0.05, 0) is 65.1 Å². The van der Waals surface area contributed by atoms with Gasteiger partial charge >= 0.3 is 0 Å². The summed E-state index contributed by atoms with van der Waals surface area (Å²) < 4.78 is 17.9. The Morgan fingerprint density at radius 1 is 0.826 bits per heavy atom. The molecule has 0 fully saturated rings. The smallest absolute Gasteiger partial charge is 0.268 e. The number of rotatable bonds is 12. The third kappa shape index (κ3) is 14.6. The van der Waals surface area contributed by atoms with Crippen molar-refractivity contribution in [3.05, 3.63) is 23.9 Å². The molecule has 0 aliphatic heterocycles. The molecule has 136 valence electrons. The predicted octanol–water partition coefficient (Wildman–Crippen LogP) is 6.42. The molecule has 0 N–H and O–H groups in total. The van der Waals surface area contributed by atoms with Crippen molar-refractivity contribution < 1.29 is 13.6 Å². The van der Waals surface area contributed by atoms with Crippen LogP contribution in [0.2, 0.25) is 39.3 Å².